The van der Waals surface area contributed by atoms with Gasteiger partial charge in [0.2, 0.25) is 0 Å². The first-order valence-corrected chi connectivity index (χ1v) is 8.10. The van der Waals surface area contributed by atoms with Crippen LogP contribution in [0.15, 0.2) is 60.7 Å². The number of benzene rings is 3. The summed E-state index contributed by atoms with van der Waals surface area (Å²) < 4.78 is 12.0. The fourth-order valence-corrected chi connectivity index (χ4v) is 2.86. The molecule has 0 atom stereocenters. The smallest absolute Gasteiger partial charge is 0.131 e. The number of rotatable bonds is 4. The molecule has 3 aromatic carbocycles. The van der Waals surface area contributed by atoms with Crippen molar-refractivity contribution in [3.63, 3.8) is 0 Å². The number of ether oxygens (including phenoxy) is 2. The van der Waals surface area contributed by atoms with Crippen LogP contribution in [0.4, 0.5) is 0 Å². The van der Waals surface area contributed by atoms with Gasteiger partial charge in [0.1, 0.15) is 23.0 Å². The summed E-state index contributed by atoms with van der Waals surface area (Å²) in [6, 6.07) is 20.1. The molecule has 3 rings (SSSR count). The second-order valence-electron chi connectivity index (χ2n) is 6.33. The predicted molar refractivity (Wildman–Crippen MR) is 98.4 cm³/mol. The van der Waals surface area contributed by atoms with Gasteiger partial charge in [-0.05, 0) is 86.3 Å². The number of hydrogen-bond acceptors (Lipinski definition) is 2. The Morgan fingerprint density at radius 2 is 0.833 bits per heavy atom. The lowest BCUT2D eigenvalue weighted by Gasteiger charge is -2.11. The first-order chi connectivity index (χ1) is 11.5. The molecule has 0 heterocycles. The van der Waals surface area contributed by atoms with Crippen LogP contribution in [-0.4, -0.2) is 0 Å². The van der Waals surface area contributed by atoms with Gasteiger partial charge in [-0.1, -0.05) is 18.2 Å². The maximum absolute atomic E-state index is 5.99. The molecule has 0 aliphatic heterocycles. The Hall–Kier alpha value is -2.74. The third-order valence-electron chi connectivity index (χ3n) is 3.67. The van der Waals surface area contributed by atoms with Crippen molar-refractivity contribution in [2.45, 2.75) is 27.7 Å². The largest absolute Gasteiger partial charge is 0.457 e. The van der Waals surface area contributed by atoms with Crippen molar-refractivity contribution in [3.05, 3.63) is 82.9 Å². The van der Waals surface area contributed by atoms with Crippen molar-refractivity contribution in [1.29, 1.82) is 0 Å². The van der Waals surface area contributed by atoms with Crippen LogP contribution in [0.2, 0.25) is 0 Å². The first-order valence-electron chi connectivity index (χ1n) is 8.10. The minimum atomic E-state index is 0.766. The van der Waals surface area contributed by atoms with Crippen LogP contribution >= 0.6 is 0 Å². The van der Waals surface area contributed by atoms with Gasteiger partial charge in [0.25, 0.3) is 0 Å². The van der Waals surface area contributed by atoms with E-state index in [9.17, 15) is 0 Å². The Kier molecular flexibility index (Phi) is 4.57. The zero-order valence-corrected chi connectivity index (χ0v) is 14.6. The first kappa shape index (κ1) is 16.1. The van der Waals surface area contributed by atoms with E-state index in [1.807, 2.05) is 48.5 Å². The maximum Gasteiger partial charge on any atom is 0.131 e. The molecular formula is C22H22O2. The van der Waals surface area contributed by atoms with Crippen LogP contribution in [0.5, 0.6) is 23.0 Å². The third-order valence-corrected chi connectivity index (χ3v) is 3.67. The van der Waals surface area contributed by atoms with E-state index in [2.05, 4.69) is 39.8 Å². The van der Waals surface area contributed by atoms with Crippen LogP contribution in [0.3, 0.4) is 0 Å². The summed E-state index contributed by atoms with van der Waals surface area (Å²) in [5.41, 5.74) is 4.75. The molecule has 24 heavy (non-hydrogen) atoms. The fourth-order valence-electron chi connectivity index (χ4n) is 2.86. The molecule has 0 unspecified atom stereocenters. The van der Waals surface area contributed by atoms with Crippen molar-refractivity contribution in [2.75, 3.05) is 0 Å². The molecular weight excluding hydrogens is 296 g/mol. The molecule has 2 heteroatoms. The van der Waals surface area contributed by atoms with Gasteiger partial charge in [0, 0.05) is 6.07 Å². The SMILES string of the molecule is Cc1cc(C)cc(Oc2cccc(Oc3cc(C)cc(C)c3)c2)c1. The van der Waals surface area contributed by atoms with Crippen LogP contribution in [0.25, 0.3) is 0 Å². The quantitative estimate of drug-likeness (QED) is 0.546. The Balaban J connectivity index is 1.81. The molecule has 0 saturated carbocycles. The van der Waals surface area contributed by atoms with Gasteiger partial charge in [-0.3, -0.25) is 0 Å². The zero-order chi connectivity index (χ0) is 17.1. The molecule has 0 amide bonds. The molecule has 0 N–H and O–H groups in total. The van der Waals surface area contributed by atoms with Crippen molar-refractivity contribution in [3.8, 4) is 23.0 Å². The van der Waals surface area contributed by atoms with Crippen molar-refractivity contribution in [1.82, 2.24) is 0 Å². The standard InChI is InChI=1S/C22H22O2/c1-15-8-16(2)11-21(10-15)23-19-6-5-7-20(14-19)24-22-12-17(3)9-18(4)13-22/h5-14H,1-4H3. The Labute approximate surface area is 143 Å². The normalized spacial score (nSPS) is 10.5. The van der Waals surface area contributed by atoms with Crippen LogP contribution in [0, 0.1) is 27.7 Å². The van der Waals surface area contributed by atoms with Gasteiger partial charge in [-0.25, -0.2) is 0 Å². The topological polar surface area (TPSA) is 18.5 Å². The van der Waals surface area contributed by atoms with E-state index >= 15 is 0 Å². The minimum absolute atomic E-state index is 0.766. The van der Waals surface area contributed by atoms with Gasteiger partial charge in [-0.2, -0.15) is 0 Å². The van der Waals surface area contributed by atoms with Crippen molar-refractivity contribution < 1.29 is 9.47 Å². The molecule has 0 fully saturated rings. The van der Waals surface area contributed by atoms with Crippen LogP contribution in [-0.2, 0) is 0 Å². The monoisotopic (exact) mass is 318 g/mol. The highest BCUT2D eigenvalue weighted by Crippen LogP contribution is 2.30. The summed E-state index contributed by atoms with van der Waals surface area (Å²) in [6.45, 7) is 8.28. The summed E-state index contributed by atoms with van der Waals surface area (Å²) in [6.07, 6.45) is 0. The van der Waals surface area contributed by atoms with Gasteiger partial charge >= 0.3 is 0 Å². The lowest BCUT2D eigenvalue weighted by Crippen LogP contribution is -1.89. The zero-order valence-electron chi connectivity index (χ0n) is 14.6. The highest BCUT2D eigenvalue weighted by atomic mass is 16.5. The van der Waals surface area contributed by atoms with E-state index in [1.54, 1.807) is 0 Å². The molecule has 2 nitrogen and oxygen atoms in total. The lowest BCUT2D eigenvalue weighted by atomic mass is 10.1. The minimum Gasteiger partial charge on any atom is -0.457 e. The Morgan fingerprint density at radius 3 is 1.21 bits per heavy atom. The van der Waals surface area contributed by atoms with E-state index in [0.29, 0.717) is 0 Å². The van der Waals surface area contributed by atoms with E-state index in [4.69, 9.17) is 9.47 Å². The van der Waals surface area contributed by atoms with E-state index < -0.39 is 0 Å². The van der Waals surface area contributed by atoms with Gasteiger partial charge in [0.15, 0.2) is 0 Å². The highest BCUT2D eigenvalue weighted by molar-refractivity contribution is 5.42. The molecule has 0 aliphatic rings. The fraction of sp³-hybridized carbons (Fsp3) is 0.182. The number of aryl methyl sites for hydroxylation is 4. The van der Waals surface area contributed by atoms with E-state index in [0.717, 1.165) is 23.0 Å². The molecule has 122 valence electrons. The lowest BCUT2D eigenvalue weighted by molar-refractivity contribution is 0.459. The summed E-state index contributed by atoms with van der Waals surface area (Å²) in [5, 5.41) is 0. The molecule has 0 aromatic heterocycles. The molecule has 0 bridgehead atoms. The predicted octanol–water partition coefficient (Wildman–Crippen LogP) is 6.50. The van der Waals surface area contributed by atoms with E-state index in [-0.39, 0.29) is 0 Å². The average Bonchev–Trinajstić information content (AvgIpc) is 2.45. The Morgan fingerprint density at radius 1 is 0.458 bits per heavy atom. The molecule has 3 aromatic rings. The van der Waals surface area contributed by atoms with Crippen LogP contribution in [0.1, 0.15) is 22.3 Å². The second-order valence-corrected chi connectivity index (χ2v) is 6.33. The van der Waals surface area contributed by atoms with Gasteiger partial charge < -0.3 is 9.47 Å². The average molecular weight is 318 g/mol. The molecule has 0 radical (unpaired) electrons. The summed E-state index contributed by atoms with van der Waals surface area (Å²) in [7, 11) is 0. The maximum atomic E-state index is 5.99. The summed E-state index contributed by atoms with van der Waals surface area (Å²) in [5.74, 6) is 3.22. The molecule has 0 aliphatic carbocycles. The van der Waals surface area contributed by atoms with E-state index in [1.165, 1.54) is 22.3 Å². The van der Waals surface area contributed by atoms with Gasteiger partial charge in [0.05, 0.1) is 0 Å². The Bertz CT molecular complexity index is 756. The van der Waals surface area contributed by atoms with Gasteiger partial charge in [-0.15, -0.1) is 0 Å². The second kappa shape index (κ2) is 6.79. The number of hydrogen-bond donors (Lipinski definition) is 0. The molecule has 0 spiro atoms. The van der Waals surface area contributed by atoms with Crippen molar-refractivity contribution >= 4 is 0 Å². The summed E-state index contributed by atoms with van der Waals surface area (Å²) >= 11 is 0. The van der Waals surface area contributed by atoms with Crippen LogP contribution < -0.4 is 9.47 Å². The highest BCUT2D eigenvalue weighted by Gasteiger charge is 2.04. The van der Waals surface area contributed by atoms with Crippen molar-refractivity contribution in [2.24, 2.45) is 0 Å². The third kappa shape index (κ3) is 4.17. The molecule has 0 saturated heterocycles. The summed E-state index contributed by atoms with van der Waals surface area (Å²) in [4.78, 5) is 0.